The molecule has 1 fully saturated rings. The molecule has 0 saturated heterocycles. The Morgan fingerprint density at radius 2 is 0.707 bits per heavy atom. The number of rotatable bonds is 5. The van der Waals surface area contributed by atoms with Crippen molar-refractivity contribution in [1.29, 1.82) is 0 Å². The second-order valence-corrected chi connectivity index (χ2v) is 36.9. The van der Waals surface area contributed by atoms with E-state index in [2.05, 4.69) is 331 Å². The maximum absolute atomic E-state index is 11.6. The summed E-state index contributed by atoms with van der Waals surface area (Å²) in [5.74, 6) is 3.96. The Balaban J connectivity index is -0.000000507. The molecule has 7 rings (SSSR count). The van der Waals surface area contributed by atoms with Crippen LogP contribution >= 0.6 is 0 Å². The van der Waals surface area contributed by atoms with Crippen molar-refractivity contribution in [3.63, 3.8) is 0 Å². The number of cyclic esters (lactones) is 1. The van der Waals surface area contributed by atoms with Crippen LogP contribution in [0.25, 0.3) is 0 Å². The SMILES string of the molecule is CC(C)(C(F)(F)F)C(F)(F)F.CC(C)(C)c1cccc(C(C)(C)C)c1.CC(C)(C)c1ccccc1.CC(C)(C)c1ccccc1.CC(C)C.CC(C)CC(C)(C)C.CC(C)c1ccccc1.CC1(C)CCCC1.CC1(C)OC(=O)c2ccccc21.CCC(C)(C)C.CCC(C)C(C)CC. The highest BCUT2D eigenvalue weighted by atomic mass is 19.4. The molecule has 99 heavy (non-hydrogen) atoms. The summed E-state index contributed by atoms with van der Waals surface area (Å²) in [5.41, 5.74) is 7.50. The molecule has 2 atom stereocenters. The second-order valence-electron chi connectivity index (χ2n) is 36.9. The van der Waals surface area contributed by atoms with Gasteiger partial charge in [0, 0.05) is 5.56 Å². The van der Waals surface area contributed by atoms with Crippen molar-refractivity contribution in [2.24, 2.45) is 45.3 Å². The van der Waals surface area contributed by atoms with Gasteiger partial charge in [-0.1, -0.05) is 387 Å². The Labute approximate surface area is 608 Å². The van der Waals surface area contributed by atoms with Crippen LogP contribution in [0.2, 0.25) is 0 Å². The number of carbonyl (C=O) groups is 1. The molecule has 1 aliphatic heterocycles. The lowest BCUT2D eigenvalue weighted by atomic mass is 9.81. The molecule has 0 N–H and O–H groups in total. The molecule has 0 amide bonds. The van der Waals surface area contributed by atoms with Crippen molar-refractivity contribution < 1.29 is 35.9 Å². The molecule has 570 valence electrons. The van der Waals surface area contributed by atoms with Crippen LogP contribution in [0.3, 0.4) is 0 Å². The lowest BCUT2D eigenvalue weighted by Crippen LogP contribution is -2.44. The lowest BCUT2D eigenvalue weighted by Gasteiger charge is -2.29. The zero-order valence-corrected chi connectivity index (χ0v) is 70.4. The molecule has 2 unspecified atom stereocenters. The largest absolute Gasteiger partial charge is 0.451 e. The van der Waals surface area contributed by atoms with Crippen LogP contribution in [-0.4, -0.2) is 18.3 Å². The van der Waals surface area contributed by atoms with Gasteiger partial charge in [0.15, 0.2) is 5.41 Å². The molecule has 0 spiro atoms. The number of benzene rings is 5. The fraction of sp³-hybridized carbons (Fsp3) is 0.659. The van der Waals surface area contributed by atoms with E-state index >= 15 is 0 Å². The van der Waals surface area contributed by atoms with Crippen LogP contribution in [0.1, 0.15) is 350 Å². The van der Waals surface area contributed by atoms with E-state index in [0.717, 1.165) is 29.2 Å². The van der Waals surface area contributed by atoms with E-state index in [-0.39, 0.29) is 30.6 Å². The van der Waals surface area contributed by atoms with E-state index in [1.807, 2.05) is 38.1 Å². The van der Waals surface area contributed by atoms with Gasteiger partial charge in [0.05, 0.1) is 5.56 Å². The highest BCUT2D eigenvalue weighted by molar-refractivity contribution is 5.94. The molecule has 1 saturated carbocycles. The standard InChI is InChI=1S/C14H22.C10H10O2.2C10H14.C9H12.2C8H18.C7H14.C6H14.C5H6F6.C4H10/c1-13(2,3)11-8-7-9-12(10-11)14(4,5)6;1-10(2)8-6-4-3-5-7(8)9(11)12-10;2*1-10(2,3)9-7-5-4-6-8-9;1-8(2)9-6-4-3-5-7-9;1-7(2)6-8(3,4)5;1-5-7(3)8(4)6-2;1-7(2)5-3-4-6-7;1-5-6(2,3)4;1-3(2,4(6,7)8)5(9,10)11;1-4(2)3/h7-10H,1-6H3;3-6H,1-2H3;2*4-8H,1-3H3;3-8H,1-2H3;7H,6H2,1-5H3;7-8H,5-6H2,1-4H3;3-6H2,1-2H3;5H2,1-4H3;1-2H3;4H,1-3H3. The average Bonchev–Trinajstić information content (AvgIpc) is 1.77. The summed E-state index contributed by atoms with van der Waals surface area (Å²) >= 11 is 0. The van der Waals surface area contributed by atoms with E-state index in [4.69, 9.17) is 4.74 Å². The normalized spacial score (nSPS) is 14.6. The van der Waals surface area contributed by atoms with Crippen LogP contribution in [0.4, 0.5) is 26.3 Å². The molecule has 0 radical (unpaired) electrons. The highest BCUT2D eigenvalue weighted by Gasteiger charge is 2.64. The van der Waals surface area contributed by atoms with E-state index in [1.165, 1.54) is 79.2 Å². The van der Waals surface area contributed by atoms with Gasteiger partial charge in [-0.3, -0.25) is 0 Å². The predicted octanol–water partition coefficient (Wildman–Crippen LogP) is 31.1. The van der Waals surface area contributed by atoms with Crippen molar-refractivity contribution in [3.8, 4) is 0 Å². The Bertz CT molecular complexity index is 2700. The third-order valence-corrected chi connectivity index (χ3v) is 17.2. The van der Waals surface area contributed by atoms with Gasteiger partial charge in [0.1, 0.15) is 5.60 Å². The summed E-state index contributed by atoms with van der Waals surface area (Å²) in [6.45, 7) is 76.0. The first-order chi connectivity index (χ1) is 44.5. The number of alkyl halides is 6. The van der Waals surface area contributed by atoms with Crippen molar-refractivity contribution >= 4 is 5.97 Å². The van der Waals surface area contributed by atoms with Crippen molar-refractivity contribution in [2.45, 2.75) is 346 Å². The Morgan fingerprint density at radius 3 is 0.899 bits per heavy atom. The lowest BCUT2D eigenvalue weighted by molar-refractivity contribution is -0.327. The number of halogens is 6. The minimum Gasteiger partial charge on any atom is -0.451 e. The van der Waals surface area contributed by atoms with Gasteiger partial charge in [-0.2, -0.15) is 26.3 Å². The van der Waals surface area contributed by atoms with E-state index in [1.54, 1.807) is 6.07 Å². The first-order valence-corrected chi connectivity index (χ1v) is 37.2. The van der Waals surface area contributed by atoms with Crippen molar-refractivity contribution in [2.75, 3.05) is 0 Å². The molecule has 2 aliphatic rings. The summed E-state index contributed by atoms with van der Waals surface area (Å²) in [6.07, 6.45) is 0.598. The number of hydrogen-bond acceptors (Lipinski definition) is 2. The molecule has 8 heteroatoms. The molecule has 0 aromatic heterocycles. The van der Waals surface area contributed by atoms with E-state index in [0.29, 0.717) is 38.6 Å². The Morgan fingerprint density at radius 1 is 0.414 bits per heavy atom. The molecule has 5 aromatic rings. The van der Waals surface area contributed by atoms with Gasteiger partial charge in [-0.05, 0) is 148 Å². The fourth-order valence-corrected chi connectivity index (χ4v) is 9.22. The van der Waals surface area contributed by atoms with Gasteiger partial charge in [0.2, 0.25) is 0 Å². The first-order valence-electron chi connectivity index (χ1n) is 37.2. The monoisotopic (exact) mass is 1390 g/mol. The smallest absolute Gasteiger partial charge is 0.402 e. The number of fused-ring (bicyclic) bond motifs is 1. The third-order valence-electron chi connectivity index (χ3n) is 17.2. The first kappa shape index (κ1) is 101. The highest BCUT2D eigenvalue weighted by Crippen LogP contribution is 2.49. The topological polar surface area (TPSA) is 26.3 Å². The molecule has 1 aliphatic carbocycles. The molecular weight excluding hydrogens is 1240 g/mol. The summed E-state index contributed by atoms with van der Waals surface area (Å²) < 4.78 is 74.8. The quantitative estimate of drug-likeness (QED) is 0.129. The zero-order chi connectivity index (χ0) is 78.6. The van der Waals surface area contributed by atoms with Crippen LogP contribution < -0.4 is 0 Å². The van der Waals surface area contributed by atoms with E-state index < -0.39 is 23.4 Å². The predicted molar refractivity (Wildman–Crippen MR) is 426 cm³/mol. The Hall–Kier alpha value is -4.85. The third kappa shape index (κ3) is 48.6. The Kier molecular flexibility index (Phi) is 46.0. The number of carbonyl (C=O) groups excluding carboxylic acids is 1. The van der Waals surface area contributed by atoms with Crippen molar-refractivity contribution in [3.05, 3.63) is 178 Å². The maximum Gasteiger partial charge on any atom is 0.402 e. The second kappa shape index (κ2) is 45.3. The zero-order valence-electron chi connectivity index (χ0n) is 70.4. The van der Waals surface area contributed by atoms with Gasteiger partial charge in [-0.15, -0.1) is 0 Å². The van der Waals surface area contributed by atoms with Gasteiger partial charge in [-0.25, -0.2) is 4.79 Å². The molecule has 5 aromatic carbocycles. The molecular formula is C91H152F6O2. The molecule has 1 heterocycles. The van der Waals surface area contributed by atoms with Gasteiger partial charge >= 0.3 is 18.3 Å². The minimum atomic E-state index is -5.24. The van der Waals surface area contributed by atoms with Crippen LogP contribution in [0.5, 0.6) is 0 Å². The number of ether oxygens (including phenoxy) is 1. The molecule has 2 nitrogen and oxygen atoms in total. The minimum absolute atomic E-state index is 0.104. The molecule has 0 bridgehead atoms. The summed E-state index contributed by atoms with van der Waals surface area (Å²) in [5, 5.41) is 0. The summed E-state index contributed by atoms with van der Waals surface area (Å²) in [4.78, 5) is 11.3. The van der Waals surface area contributed by atoms with Crippen LogP contribution in [0, 0.1) is 45.3 Å². The van der Waals surface area contributed by atoms with E-state index in [9.17, 15) is 31.1 Å². The number of esters is 1. The summed E-state index contributed by atoms with van der Waals surface area (Å²) in [7, 11) is 0. The van der Waals surface area contributed by atoms with Gasteiger partial charge < -0.3 is 4.74 Å². The van der Waals surface area contributed by atoms with Crippen LogP contribution in [-0.2, 0) is 32.0 Å². The van der Waals surface area contributed by atoms with Crippen LogP contribution in [0.15, 0.2) is 140 Å². The maximum atomic E-state index is 11.6. The average molecular weight is 1390 g/mol. The fourth-order valence-electron chi connectivity index (χ4n) is 9.22. The number of hydrogen-bond donors (Lipinski definition) is 0. The summed E-state index contributed by atoms with van der Waals surface area (Å²) in [6, 6.07) is 48.1. The van der Waals surface area contributed by atoms with Gasteiger partial charge in [0.25, 0.3) is 0 Å². The van der Waals surface area contributed by atoms with Crippen molar-refractivity contribution in [1.82, 2.24) is 0 Å².